The number of carbonyl (C=O) groups is 1. The van der Waals surface area contributed by atoms with Crippen LogP contribution in [-0.4, -0.2) is 33.7 Å². The van der Waals surface area contributed by atoms with Crippen LogP contribution in [0.1, 0.15) is 31.9 Å². The first-order valence-corrected chi connectivity index (χ1v) is 11.1. The van der Waals surface area contributed by atoms with Crippen LogP contribution in [-0.2, 0) is 14.8 Å². The van der Waals surface area contributed by atoms with Crippen LogP contribution < -0.4 is 14.4 Å². The van der Waals surface area contributed by atoms with Gasteiger partial charge in [-0.05, 0) is 37.1 Å². The highest BCUT2D eigenvalue weighted by atomic mass is 35.5. The van der Waals surface area contributed by atoms with Crippen molar-refractivity contribution < 1.29 is 17.9 Å². The molecule has 0 spiro atoms. The van der Waals surface area contributed by atoms with Gasteiger partial charge in [-0.15, -0.1) is 0 Å². The van der Waals surface area contributed by atoms with E-state index in [0.29, 0.717) is 10.8 Å². The van der Waals surface area contributed by atoms with Gasteiger partial charge in [-0.1, -0.05) is 48.9 Å². The fraction of sp³-hybridized carbons (Fsp3) is 0.350. The molecule has 0 aliphatic heterocycles. The van der Waals surface area contributed by atoms with Crippen molar-refractivity contribution in [3.05, 3.63) is 59.1 Å². The van der Waals surface area contributed by atoms with Crippen LogP contribution in [0.5, 0.6) is 5.75 Å². The van der Waals surface area contributed by atoms with E-state index >= 15 is 0 Å². The van der Waals surface area contributed by atoms with E-state index in [9.17, 15) is 13.2 Å². The predicted octanol–water partition coefficient (Wildman–Crippen LogP) is 3.77. The number of nitrogens with one attached hydrogen (secondary N) is 1. The first-order chi connectivity index (χ1) is 13.2. The summed E-state index contributed by atoms with van der Waals surface area (Å²) in [4.78, 5) is 13.0. The average molecular weight is 425 g/mol. The molecule has 8 heteroatoms. The summed E-state index contributed by atoms with van der Waals surface area (Å²) in [6, 6.07) is 12.9. The number of halogens is 1. The molecule has 2 aromatic carbocycles. The van der Waals surface area contributed by atoms with Gasteiger partial charge in [-0.3, -0.25) is 9.10 Å². The Hall–Kier alpha value is -2.25. The second-order valence-corrected chi connectivity index (χ2v) is 8.74. The Bertz CT molecular complexity index is 919. The number of benzene rings is 2. The lowest BCUT2D eigenvalue weighted by Gasteiger charge is -2.32. The standard InChI is InChI=1S/C20H25ClN2O4S/c1-5-17(20(24)22-14(2)15-9-7-6-8-10-15)23(28(4,25)26)18-13-16(21)11-12-19(18)27-3/h6-14,17H,5H2,1-4H3,(H,22,24)/t14-,17-/m0/s1. The first-order valence-electron chi connectivity index (χ1n) is 8.87. The number of carbonyl (C=O) groups excluding carboxylic acids is 1. The Balaban J connectivity index is 2.41. The molecule has 0 aliphatic rings. The fourth-order valence-corrected chi connectivity index (χ4v) is 4.38. The van der Waals surface area contributed by atoms with E-state index in [1.807, 2.05) is 37.3 Å². The predicted molar refractivity (Wildman–Crippen MR) is 112 cm³/mol. The molecule has 1 N–H and O–H groups in total. The van der Waals surface area contributed by atoms with Crippen molar-refractivity contribution in [2.24, 2.45) is 0 Å². The van der Waals surface area contributed by atoms with Gasteiger partial charge in [0.2, 0.25) is 15.9 Å². The molecular formula is C20H25ClN2O4S. The summed E-state index contributed by atoms with van der Waals surface area (Å²) in [6.45, 7) is 3.61. The second kappa shape index (κ2) is 9.30. The summed E-state index contributed by atoms with van der Waals surface area (Å²) < 4.78 is 31.6. The number of anilines is 1. The summed E-state index contributed by atoms with van der Waals surface area (Å²) in [5.41, 5.74) is 1.16. The number of hydrogen-bond acceptors (Lipinski definition) is 4. The highest BCUT2D eigenvalue weighted by Gasteiger charge is 2.34. The number of methoxy groups -OCH3 is 1. The van der Waals surface area contributed by atoms with Crippen molar-refractivity contribution in [2.45, 2.75) is 32.4 Å². The third kappa shape index (κ3) is 5.17. The lowest BCUT2D eigenvalue weighted by atomic mass is 10.1. The fourth-order valence-electron chi connectivity index (χ4n) is 3.01. The molecule has 0 fully saturated rings. The molecule has 0 heterocycles. The quantitative estimate of drug-likeness (QED) is 0.699. The molecule has 6 nitrogen and oxygen atoms in total. The normalized spacial score (nSPS) is 13.5. The minimum absolute atomic E-state index is 0.229. The topological polar surface area (TPSA) is 75.7 Å². The number of hydrogen-bond donors (Lipinski definition) is 1. The number of ether oxygens (including phenoxy) is 1. The maximum atomic E-state index is 13.0. The van der Waals surface area contributed by atoms with E-state index in [4.69, 9.17) is 16.3 Å². The number of amides is 1. The molecule has 152 valence electrons. The summed E-state index contributed by atoms with van der Waals surface area (Å²) >= 11 is 6.08. The van der Waals surface area contributed by atoms with Gasteiger partial charge < -0.3 is 10.1 Å². The van der Waals surface area contributed by atoms with E-state index < -0.39 is 22.0 Å². The largest absolute Gasteiger partial charge is 0.495 e. The Kier molecular flexibility index (Phi) is 7.32. The van der Waals surface area contributed by atoms with Crippen LogP contribution in [0.15, 0.2) is 48.5 Å². The molecule has 2 rings (SSSR count). The van der Waals surface area contributed by atoms with Crippen LogP contribution in [0.3, 0.4) is 0 Å². The van der Waals surface area contributed by atoms with Gasteiger partial charge in [0, 0.05) is 5.02 Å². The minimum Gasteiger partial charge on any atom is -0.495 e. The van der Waals surface area contributed by atoms with Crippen molar-refractivity contribution in [1.82, 2.24) is 5.32 Å². The molecule has 0 unspecified atom stereocenters. The Morgan fingerprint density at radius 3 is 2.39 bits per heavy atom. The second-order valence-electron chi connectivity index (χ2n) is 6.44. The van der Waals surface area contributed by atoms with Crippen molar-refractivity contribution in [2.75, 3.05) is 17.7 Å². The summed E-state index contributed by atoms with van der Waals surface area (Å²) in [7, 11) is -2.35. The molecule has 0 bridgehead atoms. The Morgan fingerprint density at radius 1 is 1.21 bits per heavy atom. The molecule has 2 aromatic rings. The Labute approximate surface area is 171 Å². The highest BCUT2D eigenvalue weighted by molar-refractivity contribution is 7.92. The smallest absolute Gasteiger partial charge is 0.244 e. The molecule has 2 atom stereocenters. The van der Waals surface area contributed by atoms with Gasteiger partial charge in [0.15, 0.2) is 0 Å². The van der Waals surface area contributed by atoms with Crippen LogP contribution in [0.2, 0.25) is 5.02 Å². The maximum absolute atomic E-state index is 13.0. The maximum Gasteiger partial charge on any atom is 0.244 e. The molecule has 0 aliphatic carbocycles. The number of nitrogens with zero attached hydrogens (tertiary/aromatic N) is 1. The van der Waals surface area contributed by atoms with Gasteiger partial charge in [0.1, 0.15) is 11.8 Å². The van der Waals surface area contributed by atoms with Gasteiger partial charge in [-0.2, -0.15) is 0 Å². The van der Waals surface area contributed by atoms with E-state index in [-0.39, 0.29) is 18.2 Å². The van der Waals surface area contributed by atoms with E-state index in [1.165, 1.54) is 13.2 Å². The SMILES string of the molecule is CC[C@@H](C(=O)N[C@@H](C)c1ccccc1)N(c1cc(Cl)ccc1OC)S(C)(=O)=O. The number of sulfonamides is 1. The lowest BCUT2D eigenvalue weighted by Crippen LogP contribution is -2.49. The van der Waals surface area contributed by atoms with E-state index in [2.05, 4.69) is 5.32 Å². The number of rotatable bonds is 8. The van der Waals surface area contributed by atoms with Crippen LogP contribution >= 0.6 is 11.6 Å². The van der Waals surface area contributed by atoms with Crippen LogP contribution in [0, 0.1) is 0 Å². The van der Waals surface area contributed by atoms with Gasteiger partial charge >= 0.3 is 0 Å². The molecule has 28 heavy (non-hydrogen) atoms. The molecule has 0 saturated heterocycles. The zero-order valence-electron chi connectivity index (χ0n) is 16.3. The van der Waals surface area contributed by atoms with Gasteiger partial charge in [0.25, 0.3) is 0 Å². The van der Waals surface area contributed by atoms with Crippen molar-refractivity contribution in [3.8, 4) is 5.75 Å². The monoisotopic (exact) mass is 424 g/mol. The van der Waals surface area contributed by atoms with Crippen molar-refractivity contribution in [3.63, 3.8) is 0 Å². The lowest BCUT2D eigenvalue weighted by molar-refractivity contribution is -0.122. The molecule has 0 radical (unpaired) electrons. The minimum atomic E-state index is -3.79. The third-order valence-corrected chi connectivity index (χ3v) is 5.77. The van der Waals surface area contributed by atoms with Crippen LogP contribution in [0.25, 0.3) is 0 Å². The van der Waals surface area contributed by atoms with Gasteiger partial charge in [-0.25, -0.2) is 8.42 Å². The van der Waals surface area contributed by atoms with E-state index in [1.54, 1.807) is 19.1 Å². The van der Waals surface area contributed by atoms with Gasteiger partial charge in [0.05, 0.1) is 25.1 Å². The summed E-state index contributed by atoms with van der Waals surface area (Å²) in [6.07, 6.45) is 1.33. The molecule has 1 amide bonds. The summed E-state index contributed by atoms with van der Waals surface area (Å²) in [5.74, 6) is -0.0801. The highest BCUT2D eigenvalue weighted by Crippen LogP contribution is 2.35. The molecule has 0 saturated carbocycles. The van der Waals surface area contributed by atoms with Crippen molar-refractivity contribution >= 4 is 33.2 Å². The van der Waals surface area contributed by atoms with Crippen LogP contribution in [0.4, 0.5) is 5.69 Å². The van der Waals surface area contributed by atoms with Crippen molar-refractivity contribution in [1.29, 1.82) is 0 Å². The van der Waals surface area contributed by atoms with E-state index in [0.717, 1.165) is 16.1 Å². The third-order valence-electron chi connectivity index (χ3n) is 4.37. The Morgan fingerprint density at radius 2 is 1.86 bits per heavy atom. The molecule has 0 aromatic heterocycles. The first kappa shape index (κ1) is 22.0. The molecular weight excluding hydrogens is 400 g/mol. The zero-order valence-corrected chi connectivity index (χ0v) is 17.9. The average Bonchev–Trinajstić information content (AvgIpc) is 2.65. The zero-order chi connectivity index (χ0) is 20.9. The summed E-state index contributed by atoms with van der Waals surface area (Å²) in [5, 5.41) is 3.25.